The summed E-state index contributed by atoms with van der Waals surface area (Å²) in [5.41, 5.74) is 9.25. The highest BCUT2D eigenvalue weighted by Crippen LogP contribution is 2.39. The zero-order valence-electron chi connectivity index (χ0n) is 27.1. The second-order valence-electron chi connectivity index (χ2n) is 12.8. The molecular weight excluding hydrogens is 629 g/mol. The topological polar surface area (TPSA) is 69.9 Å². The van der Waals surface area contributed by atoms with Crippen molar-refractivity contribution >= 4 is 65.7 Å². The summed E-state index contributed by atoms with van der Waals surface area (Å²) in [5.74, 6) is 1.72. The van der Waals surface area contributed by atoms with Crippen LogP contribution in [0.15, 0.2) is 167 Å². The normalized spacial score (nSPS) is 11.9. The van der Waals surface area contributed by atoms with Gasteiger partial charge < -0.3 is 13.4 Å². The quantitative estimate of drug-likeness (QED) is 0.189. The van der Waals surface area contributed by atoms with Gasteiger partial charge in [0.2, 0.25) is 0 Å². The van der Waals surface area contributed by atoms with Crippen molar-refractivity contribution in [3.05, 3.63) is 158 Å². The van der Waals surface area contributed by atoms with Gasteiger partial charge in [-0.1, -0.05) is 91.0 Å². The Morgan fingerprint density at radius 3 is 1.80 bits per heavy atom. The second-order valence-corrected chi connectivity index (χ2v) is 12.8. The number of aromatic nitrogens is 4. The van der Waals surface area contributed by atoms with Crippen LogP contribution in [0.3, 0.4) is 0 Å². The first kappa shape index (κ1) is 27.9. The van der Waals surface area contributed by atoms with Gasteiger partial charge in [-0.05, 0) is 66.7 Å². The maximum atomic E-state index is 6.28. The van der Waals surface area contributed by atoms with Gasteiger partial charge >= 0.3 is 0 Å². The van der Waals surface area contributed by atoms with Crippen LogP contribution >= 0.6 is 0 Å². The van der Waals surface area contributed by atoms with Crippen LogP contribution in [0.1, 0.15) is 0 Å². The number of hydrogen-bond acceptors (Lipinski definition) is 5. The average molecular weight is 655 g/mol. The monoisotopic (exact) mass is 654 g/mol. The van der Waals surface area contributed by atoms with E-state index >= 15 is 0 Å². The minimum atomic E-state index is 0.564. The number of furan rings is 2. The van der Waals surface area contributed by atoms with Gasteiger partial charge in [0, 0.05) is 54.7 Å². The van der Waals surface area contributed by atoms with E-state index in [0.717, 1.165) is 88.1 Å². The molecule has 0 N–H and O–H groups in total. The maximum Gasteiger partial charge on any atom is 0.164 e. The van der Waals surface area contributed by atoms with Crippen molar-refractivity contribution in [3.63, 3.8) is 0 Å². The lowest BCUT2D eigenvalue weighted by Gasteiger charge is -2.10. The zero-order valence-corrected chi connectivity index (χ0v) is 27.1. The lowest BCUT2D eigenvalue weighted by Crippen LogP contribution is -2.00. The predicted molar refractivity (Wildman–Crippen MR) is 205 cm³/mol. The third kappa shape index (κ3) is 4.26. The number of benzene rings is 7. The van der Waals surface area contributed by atoms with Gasteiger partial charge in [0.15, 0.2) is 17.5 Å². The summed E-state index contributed by atoms with van der Waals surface area (Å²) in [5, 5.41) is 6.42. The van der Waals surface area contributed by atoms with Crippen molar-refractivity contribution < 1.29 is 8.83 Å². The largest absolute Gasteiger partial charge is 0.456 e. The SMILES string of the molecule is c1ccc(-n2c3ccccc3c3cc(-c4nc(-c5ccc6c(c5)oc5ccccc56)nc(-c5cccc6oc7ccccc7c56)n4)ccc32)cc1. The molecular formula is C45H26N4O2. The first-order valence-corrected chi connectivity index (χ1v) is 16.9. The van der Waals surface area contributed by atoms with Crippen LogP contribution in [0, 0.1) is 0 Å². The van der Waals surface area contributed by atoms with E-state index in [2.05, 4.69) is 102 Å². The van der Waals surface area contributed by atoms with Crippen LogP contribution in [0.5, 0.6) is 0 Å². The van der Waals surface area contributed by atoms with E-state index in [1.165, 1.54) is 0 Å². The van der Waals surface area contributed by atoms with Crippen molar-refractivity contribution in [2.75, 3.05) is 0 Å². The van der Waals surface area contributed by atoms with E-state index in [9.17, 15) is 0 Å². The smallest absolute Gasteiger partial charge is 0.164 e. The van der Waals surface area contributed by atoms with Crippen molar-refractivity contribution in [2.45, 2.75) is 0 Å². The molecule has 51 heavy (non-hydrogen) atoms. The van der Waals surface area contributed by atoms with Crippen LogP contribution in [-0.4, -0.2) is 19.5 Å². The van der Waals surface area contributed by atoms with Gasteiger partial charge in [-0.25, -0.2) is 15.0 Å². The van der Waals surface area contributed by atoms with Gasteiger partial charge in [0.25, 0.3) is 0 Å². The summed E-state index contributed by atoms with van der Waals surface area (Å²) in [6.45, 7) is 0. The summed E-state index contributed by atoms with van der Waals surface area (Å²) >= 11 is 0. The third-order valence-electron chi connectivity index (χ3n) is 9.86. The highest BCUT2D eigenvalue weighted by atomic mass is 16.3. The maximum absolute atomic E-state index is 6.28. The van der Waals surface area contributed by atoms with Crippen LogP contribution in [-0.2, 0) is 0 Å². The Labute approximate surface area is 290 Å². The summed E-state index contributed by atoms with van der Waals surface area (Å²) < 4.78 is 14.9. The van der Waals surface area contributed by atoms with Gasteiger partial charge in [-0.15, -0.1) is 0 Å². The molecule has 7 aromatic carbocycles. The Bertz CT molecular complexity index is 3150. The molecule has 11 aromatic rings. The molecule has 0 spiro atoms. The first-order chi connectivity index (χ1) is 25.3. The first-order valence-electron chi connectivity index (χ1n) is 16.9. The highest BCUT2D eigenvalue weighted by Gasteiger charge is 2.20. The third-order valence-corrected chi connectivity index (χ3v) is 9.86. The molecule has 4 aromatic heterocycles. The predicted octanol–water partition coefficient (Wildman–Crippen LogP) is 11.8. The molecule has 11 rings (SSSR count). The molecule has 0 radical (unpaired) electrons. The Hall–Kier alpha value is -7.05. The van der Waals surface area contributed by atoms with E-state index in [1.54, 1.807) is 0 Å². The van der Waals surface area contributed by atoms with E-state index in [-0.39, 0.29) is 0 Å². The molecule has 238 valence electrons. The van der Waals surface area contributed by atoms with Gasteiger partial charge in [0.1, 0.15) is 22.3 Å². The van der Waals surface area contributed by atoms with Crippen LogP contribution in [0.2, 0.25) is 0 Å². The molecule has 0 fully saturated rings. The van der Waals surface area contributed by atoms with Crippen LogP contribution < -0.4 is 0 Å². The van der Waals surface area contributed by atoms with Gasteiger partial charge in [-0.3, -0.25) is 0 Å². The number of nitrogens with zero attached hydrogens (tertiary/aromatic N) is 4. The molecule has 0 saturated heterocycles. The minimum Gasteiger partial charge on any atom is -0.456 e. The van der Waals surface area contributed by atoms with Crippen molar-refractivity contribution in [2.24, 2.45) is 0 Å². The zero-order chi connectivity index (χ0) is 33.5. The summed E-state index contributed by atoms with van der Waals surface area (Å²) in [6.07, 6.45) is 0. The van der Waals surface area contributed by atoms with Crippen molar-refractivity contribution in [3.8, 4) is 39.9 Å². The molecule has 0 saturated carbocycles. The van der Waals surface area contributed by atoms with E-state index in [4.69, 9.17) is 23.8 Å². The molecule has 0 bridgehead atoms. The van der Waals surface area contributed by atoms with Crippen molar-refractivity contribution in [1.82, 2.24) is 19.5 Å². The fourth-order valence-corrected chi connectivity index (χ4v) is 7.55. The Morgan fingerprint density at radius 1 is 0.373 bits per heavy atom. The second kappa shape index (κ2) is 10.7. The minimum absolute atomic E-state index is 0.564. The summed E-state index contributed by atoms with van der Waals surface area (Å²) in [7, 11) is 0. The number of rotatable bonds is 4. The highest BCUT2D eigenvalue weighted by molar-refractivity contribution is 6.12. The fourth-order valence-electron chi connectivity index (χ4n) is 7.55. The standard InChI is InChI=1S/C45H26N4O2/c1-2-11-29(12-3-1)49-36-17-7-4-13-30(36)35-25-27(22-24-37(35)49)43-46-44(28-21-23-32-31-14-5-8-18-38(31)51-41(32)26-28)48-45(47-43)34-16-10-20-40-42(34)33-15-6-9-19-39(33)50-40/h1-26H. The molecule has 0 aliphatic heterocycles. The molecule has 0 atom stereocenters. The summed E-state index contributed by atoms with van der Waals surface area (Å²) in [6, 6.07) is 53.9. The number of hydrogen-bond donors (Lipinski definition) is 0. The van der Waals surface area contributed by atoms with E-state index in [1.807, 2.05) is 60.7 Å². The molecule has 0 aliphatic rings. The Kier molecular flexibility index (Phi) is 5.86. The summed E-state index contributed by atoms with van der Waals surface area (Å²) in [4.78, 5) is 15.5. The molecule has 4 heterocycles. The molecule has 0 amide bonds. The Balaban J connectivity index is 1.16. The molecule has 6 nitrogen and oxygen atoms in total. The number of para-hydroxylation sites is 4. The molecule has 0 aliphatic carbocycles. The molecule has 0 unspecified atom stereocenters. The van der Waals surface area contributed by atoms with Gasteiger partial charge in [-0.2, -0.15) is 0 Å². The van der Waals surface area contributed by atoms with E-state index < -0.39 is 0 Å². The van der Waals surface area contributed by atoms with Crippen molar-refractivity contribution in [1.29, 1.82) is 0 Å². The Morgan fingerprint density at radius 2 is 0.961 bits per heavy atom. The lowest BCUT2D eigenvalue weighted by molar-refractivity contribution is 0.668. The van der Waals surface area contributed by atoms with Gasteiger partial charge in [0.05, 0.1) is 11.0 Å². The van der Waals surface area contributed by atoms with E-state index in [0.29, 0.717) is 17.5 Å². The molecule has 6 heteroatoms. The fraction of sp³-hybridized carbons (Fsp3) is 0. The van der Waals surface area contributed by atoms with Crippen LogP contribution in [0.4, 0.5) is 0 Å². The number of fused-ring (bicyclic) bond motifs is 9. The lowest BCUT2D eigenvalue weighted by atomic mass is 10.0. The van der Waals surface area contributed by atoms with Crippen LogP contribution in [0.25, 0.3) is 106 Å². The average Bonchev–Trinajstić information content (AvgIpc) is 3.87.